The number of rotatable bonds is 8. The van der Waals surface area contributed by atoms with E-state index in [1.165, 1.54) is 28.5 Å². The van der Waals surface area contributed by atoms with Gasteiger partial charge in [-0.1, -0.05) is 60.2 Å². The van der Waals surface area contributed by atoms with Gasteiger partial charge in [0.2, 0.25) is 11.0 Å². The van der Waals surface area contributed by atoms with E-state index in [4.69, 9.17) is 4.74 Å². The Morgan fingerprint density at radius 2 is 1.86 bits per heavy atom. The van der Waals surface area contributed by atoms with E-state index in [9.17, 15) is 4.79 Å². The molecule has 0 bridgehead atoms. The molecule has 144 valence electrons. The lowest BCUT2D eigenvalue weighted by Crippen LogP contribution is -2.07. The van der Waals surface area contributed by atoms with Gasteiger partial charge in [0.1, 0.15) is 10.8 Å². The number of anilines is 1. The number of hydrogen-bond donors (Lipinski definition) is 1. The Balaban J connectivity index is 1.45. The van der Waals surface area contributed by atoms with Crippen molar-refractivity contribution in [1.82, 2.24) is 10.2 Å². The lowest BCUT2D eigenvalue weighted by atomic mass is 10.1. The van der Waals surface area contributed by atoms with Gasteiger partial charge in [-0.25, -0.2) is 0 Å². The smallest absolute Gasteiger partial charge is 0.250 e. The molecule has 0 saturated carbocycles. The number of nitrogens with zero attached hydrogens (tertiary/aromatic N) is 2. The molecule has 6 heteroatoms. The zero-order valence-corrected chi connectivity index (χ0v) is 16.8. The third-order valence-corrected chi connectivity index (χ3v) is 5.02. The van der Waals surface area contributed by atoms with Gasteiger partial charge < -0.3 is 4.74 Å². The van der Waals surface area contributed by atoms with E-state index in [1.54, 1.807) is 6.08 Å². The molecule has 0 aliphatic rings. The Morgan fingerprint density at radius 1 is 1.11 bits per heavy atom. The first kappa shape index (κ1) is 19.8. The molecule has 1 amide bonds. The number of hydrogen-bond acceptors (Lipinski definition) is 5. The van der Waals surface area contributed by atoms with Crippen LogP contribution in [0.5, 0.6) is 5.75 Å². The second-order valence-electron chi connectivity index (χ2n) is 6.33. The number of carbonyl (C=O) groups is 1. The third-order valence-electron chi connectivity index (χ3n) is 4.12. The van der Waals surface area contributed by atoms with E-state index >= 15 is 0 Å². The van der Waals surface area contributed by atoms with Gasteiger partial charge in [0.05, 0.1) is 6.61 Å². The van der Waals surface area contributed by atoms with Crippen LogP contribution in [0.25, 0.3) is 6.08 Å². The van der Waals surface area contributed by atoms with E-state index in [0.29, 0.717) is 18.2 Å². The summed E-state index contributed by atoms with van der Waals surface area (Å²) in [6.07, 6.45) is 4.92. The summed E-state index contributed by atoms with van der Waals surface area (Å²) in [5, 5.41) is 12.2. The second kappa shape index (κ2) is 9.80. The number of aryl methyl sites for hydroxylation is 2. The fraction of sp³-hybridized carbons (Fsp3) is 0.227. The summed E-state index contributed by atoms with van der Waals surface area (Å²) < 4.78 is 5.74. The summed E-state index contributed by atoms with van der Waals surface area (Å²) >= 11 is 1.36. The number of ether oxygens (including phenoxy) is 1. The first-order valence-corrected chi connectivity index (χ1v) is 10.0. The standard InChI is InChI=1S/C22H23N3O2S/c1-3-17-8-11-19(12-9-17)27-15-14-21-24-25-22(28-21)23-20(26)13-10-18-6-4-16(2)5-7-18/h4-13H,3,14-15H2,1-2H3,(H,23,25,26)/b13-10+. The van der Waals surface area contributed by atoms with E-state index in [1.807, 2.05) is 43.3 Å². The molecule has 1 aromatic heterocycles. The second-order valence-corrected chi connectivity index (χ2v) is 7.39. The van der Waals surface area contributed by atoms with Crippen LogP contribution in [0.3, 0.4) is 0 Å². The molecule has 5 nitrogen and oxygen atoms in total. The van der Waals surface area contributed by atoms with Crippen molar-refractivity contribution < 1.29 is 9.53 Å². The van der Waals surface area contributed by atoms with Crippen LogP contribution in [0.4, 0.5) is 5.13 Å². The van der Waals surface area contributed by atoms with Gasteiger partial charge in [0, 0.05) is 12.5 Å². The Kier molecular flexibility index (Phi) is 6.92. The SMILES string of the molecule is CCc1ccc(OCCc2nnc(NC(=O)/C=C/c3ccc(C)cc3)s2)cc1. The normalized spacial score (nSPS) is 10.9. The van der Waals surface area contributed by atoms with E-state index < -0.39 is 0 Å². The van der Waals surface area contributed by atoms with Crippen LogP contribution in [-0.4, -0.2) is 22.7 Å². The van der Waals surface area contributed by atoms with Crippen molar-refractivity contribution in [2.45, 2.75) is 26.7 Å². The largest absolute Gasteiger partial charge is 0.493 e. The van der Waals surface area contributed by atoms with Crippen LogP contribution >= 0.6 is 11.3 Å². The molecular formula is C22H23N3O2S. The van der Waals surface area contributed by atoms with Gasteiger partial charge in [-0.3, -0.25) is 10.1 Å². The molecule has 1 N–H and O–H groups in total. The van der Waals surface area contributed by atoms with E-state index in [0.717, 1.165) is 22.7 Å². The quantitative estimate of drug-likeness (QED) is 0.564. The molecule has 2 aromatic carbocycles. The molecule has 28 heavy (non-hydrogen) atoms. The molecule has 0 spiro atoms. The summed E-state index contributed by atoms with van der Waals surface area (Å²) in [4.78, 5) is 12.0. The molecule has 3 rings (SSSR count). The number of benzene rings is 2. The van der Waals surface area contributed by atoms with Crippen LogP contribution in [0.1, 0.15) is 28.6 Å². The fourth-order valence-corrected chi connectivity index (χ4v) is 3.20. The maximum atomic E-state index is 12.0. The van der Waals surface area contributed by atoms with Crippen molar-refractivity contribution in [3.63, 3.8) is 0 Å². The van der Waals surface area contributed by atoms with Crippen molar-refractivity contribution in [3.8, 4) is 5.75 Å². The summed E-state index contributed by atoms with van der Waals surface area (Å²) in [5.74, 6) is 0.618. The first-order valence-electron chi connectivity index (χ1n) is 9.22. The Hall–Kier alpha value is -2.99. The van der Waals surface area contributed by atoms with Crippen molar-refractivity contribution in [2.75, 3.05) is 11.9 Å². The monoisotopic (exact) mass is 393 g/mol. The van der Waals surface area contributed by atoms with E-state index in [-0.39, 0.29) is 5.91 Å². The Labute approximate surface area is 169 Å². The summed E-state index contributed by atoms with van der Waals surface area (Å²) in [5.41, 5.74) is 3.45. The predicted octanol–water partition coefficient (Wildman–Crippen LogP) is 4.68. The lowest BCUT2D eigenvalue weighted by molar-refractivity contribution is -0.111. The highest BCUT2D eigenvalue weighted by molar-refractivity contribution is 7.15. The highest BCUT2D eigenvalue weighted by Gasteiger charge is 2.07. The molecule has 0 unspecified atom stereocenters. The van der Waals surface area contributed by atoms with Crippen LogP contribution in [0.2, 0.25) is 0 Å². The van der Waals surface area contributed by atoms with Crippen LogP contribution in [0.15, 0.2) is 54.6 Å². The average molecular weight is 394 g/mol. The van der Waals surface area contributed by atoms with Gasteiger partial charge in [0.25, 0.3) is 0 Å². The lowest BCUT2D eigenvalue weighted by Gasteiger charge is -2.05. The summed E-state index contributed by atoms with van der Waals surface area (Å²) in [6, 6.07) is 16.0. The van der Waals surface area contributed by atoms with Crippen molar-refractivity contribution >= 4 is 28.5 Å². The van der Waals surface area contributed by atoms with Gasteiger partial charge in [-0.05, 0) is 42.7 Å². The molecule has 0 saturated heterocycles. The molecule has 1 heterocycles. The van der Waals surface area contributed by atoms with Gasteiger partial charge >= 0.3 is 0 Å². The van der Waals surface area contributed by atoms with Crippen LogP contribution in [-0.2, 0) is 17.6 Å². The molecule has 3 aromatic rings. The molecule has 0 fully saturated rings. The first-order chi connectivity index (χ1) is 13.6. The molecule has 0 aliphatic heterocycles. The number of nitrogens with one attached hydrogen (secondary N) is 1. The van der Waals surface area contributed by atoms with E-state index in [2.05, 4.69) is 34.6 Å². The summed E-state index contributed by atoms with van der Waals surface area (Å²) in [6.45, 7) is 4.67. The van der Waals surface area contributed by atoms with Crippen molar-refractivity contribution in [1.29, 1.82) is 0 Å². The molecule has 0 radical (unpaired) electrons. The highest BCUT2D eigenvalue weighted by atomic mass is 32.1. The van der Waals surface area contributed by atoms with Crippen molar-refractivity contribution in [2.24, 2.45) is 0 Å². The van der Waals surface area contributed by atoms with Crippen molar-refractivity contribution in [3.05, 3.63) is 76.3 Å². The summed E-state index contributed by atoms with van der Waals surface area (Å²) in [7, 11) is 0. The fourth-order valence-electron chi connectivity index (χ4n) is 2.48. The third kappa shape index (κ3) is 6.03. The Morgan fingerprint density at radius 3 is 2.57 bits per heavy atom. The van der Waals surface area contributed by atoms with Gasteiger partial charge in [-0.2, -0.15) is 0 Å². The zero-order chi connectivity index (χ0) is 19.8. The minimum absolute atomic E-state index is 0.226. The molecular weight excluding hydrogens is 370 g/mol. The van der Waals surface area contributed by atoms with Gasteiger partial charge in [0.15, 0.2) is 0 Å². The number of amides is 1. The molecule has 0 aliphatic carbocycles. The zero-order valence-electron chi connectivity index (χ0n) is 16.0. The highest BCUT2D eigenvalue weighted by Crippen LogP contribution is 2.17. The topological polar surface area (TPSA) is 64.1 Å². The maximum absolute atomic E-state index is 12.0. The van der Waals surface area contributed by atoms with Crippen LogP contribution in [0, 0.1) is 6.92 Å². The number of carbonyl (C=O) groups excluding carboxylic acids is 1. The average Bonchev–Trinajstić information content (AvgIpc) is 3.15. The predicted molar refractivity (Wildman–Crippen MR) is 114 cm³/mol. The minimum atomic E-state index is -0.226. The molecule has 0 atom stereocenters. The Bertz CT molecular complexity index is 931. The maximum Gasteiger partial charge on any atom is 0.250 e. The van der Waals surface area contributed by atoms with Gasteiger partial charge in [-0.15, -0.1) is 10.2 Å². The minimum Gasteiger partial charge on any atom is -0.493 e. The van der Waals surface area contributed by atoms with Crippen LogP contribution < -0.4 is 10.1 Å². The number of aromatic nitrogens is 2.